The number of ether oxygens (including phenoxy) is 1. The van der Waals surface area contributed by atoms with E-state index in [0.717, 1.165) is 32.0 Å². The van der Waals surface area contributed by atoms with Crippen molar-refractivity contribution in [1.82, 2.24) is 10.3 Å². The number of aromatic nitrogens is 1. The topological polar surface area (TPSA) is 54.5 Å². The molecule has 1 aromatic rings. The first-order valence-electron chi connectivity index (χ1n) is 6.30. The molecule has 0 amide bonds. The third-order valence-corrected chi connectivity index (χ3v) is 2.77. The molecule has 1 fully saturated rings. The Labute approximate surface area is 119 Å². The highest BCUT2D eigenvalue weighted by Crippen LogP contribution is 2.19. The van der Waals surface area contributed by atoms with Gasteiger partial charge in [-0.3, -0.25) is 0 Å². The molecule has 0 saturated carbocycles. The molecular weight excluding hydrogens is 266 g/mol. The first-order valence-corrected chi connectivity index (χ1v) is 6.30. The molecule has 106 valence electrons. The fraction of sp³-hybridized carbons (Fsp3) is 0.538. The van der Waals surface area contributed by atoms with Gasteiger partial charge in [0.2, 0.25) is 0 Å². The molecule has 0 atom stereocenters. The van der Waals surface area contributed by atoms with E-state index in [9.17, 15) is 4.79 Å². The van der Waals surface area contributed by atoms with Gasteiger partial charge in [-0.2, -0.15) is 0 Å². The molecule has 2 heterocycles. The lowest BCUT2D eigenvalue weighted by molar-refractivity contribution is 0.0378. The Balaban J connectivity index is 0.00000180. The second-order valence-corrected chi connectivity index (χ2v) is 4.57. The van der Waals surface area contributed by atoms with Gasteiger partial charge in [0.1, 0.15) is 11.4 Å². The first kappa shape index (κ1) is 15.7. The molecule has 0 aliphatic carbocycles. The maximum Gasteiger partial charge on any atom is 0.342 e. The second-order valence-electron chi connectivity index (χ2n) is 4.57. The number of carbonyl (C=O) groups is 1. The van der Waals surface area contributed by atoms with Crippen LogP contribution in [0.5, 0.6) is 0 Å². The third-order valence-electron chi connectivity index (χ3n) is 2.77. The lowest BCUT2D eigenvalue weighted by Gasteiger charge is -2.29. The largest absolute Gasteiger partial charge is 0.459 e. The van der Waals surface area contributed by atoms with Crippen LogP contribution < -0.4 is 10.2 Å². The lowest BCUT2D eigenvalue weighted by Crippen LogP contribution is -2.44. The molecule has 1 aromatic heterocycles. The van der Waals surface area contributed by atoms with Crippen molar-refractivity contribution in [3.8, 4) is 0 Å². The van der Waals surface area contributed by atoms with Gasteiger partial charge >= 0.3 is 5.97 Å². The summed E-state index contributed by atoms with van der Waals surface area (Å²) >= 11 is 0. The Bertz CT molecular complexity index is 420. The number of piperazine rings is 1. The molecule has 6 heteroatoms. The van der Waals surface area contributed by atoms with Gasteiger partial charge in [0, 0.05) is 32.4 Å². The van der Waals surface area contributed by atoms with Crippen molar-refractivity contribution < 1.29 is 9.53 Å². The van der Waals surface area contributed by atoms with Gasteiger partial charge in [0.05, 0.1) is 6.10 Å². The fourth-order valence-electron chi connectivity index (χ4n) is 1.96. The zero-order valence-corrected chi connectivity index (χ0v) is 12.1. The van der Waals surface area contributed by atoms with Crippen LogP contribution in [-0.2, 0) is 4.74 Å². The first-order chi connectivity index (χ1) is 8.68. The Morgan fingerprint density at radius 3 is 2.74 bits per heavy atom. The van der Waals surface area contributed by atoms with E-state index in [1.807, 2.05) is 13.8 Å². The van der Waals surface area contributed by atoms with E-state index in [-0.39, 0.29) is 24.5 Å². The molecule has 0 radical (unpaired) electrons. The minimum atomic E-state index is -0.299. The quantitative estimate of drug-likeness (QED) is 0.853. The molecule has 0 bridgehead atoms. The van der Waals surface area contributed by atoms with Gasteiger partial charge < -0.3 is 15.0 Å². The third kappa shape index (κ3) is 4.08. The number of anilines is 1. The van der Waals surface area contributed by atoms with E-state index in [2.05, 4.69) is 15.2 Å². The van der Waals surface area contributed by atoms with E-state index in [0.29, 0.717) is 5.56 Å². The summed E-state index contributed by atoms with van der Waals surface area (Å²) in [7, 11) is 0. The fourth-order valence-corrected chi connectivity index (χ4v) is 1.96. The van der Waals surface area contributed by atoms with Crippen LogP contribution in [0.1, 0.15) is 24.2 Å². The summed E-state index contributed by atoms with van der Waals surface area (Å²) in [6.07, 6.45) is 1.59. The van der Waals surface area contributed by atoms with Gasteiger partial charge in [-0.05, 0) is 26.0 Å². The van der Waals surface area contributed by atoms with Gasteiger partial charge in [-0.25, -0.2) is 9.78 Å². The summed E-state index contributed by atoms with van der Waals surface area (Å²) < 4.78 is 5.25. The van der Waals surface area contributed by atoms with Crippen molar-refractivity contribution in [2.24, 2.45) is 0 Å². The standard InChI is InChI=1S/C13H19N3O2.ClH/c1-10(2)18-13(17)11-4-3-5-15-12(11)16-8-6-14-7-9-16;/h3-5,10,14H,6-9H2,1-2H3;1H. The Kier molecular flexibility index (Phi) is 6.05. The predicted octanol–water partition coefficient (Wildman–Crippen LogP) is 1.48. The van der Waals surface area contributed by atoms with Crippen molar-refractivity contribution in [2.75, 3.05) is 31.1 Å². The average molecular weight is 286 g/mol. The van der Waals surface area contributed by atoms with E-state index in [1.54, 1.807) is 18.3 Å². The second kappa shape index (κ2) is 7.31. The van der Waals surface area contributed by atoms with E-state index in [4.69, 9.17) is 4.74 Å². The van der Waals surface area contributed by atoms with Crippen LogP contribution in [-0.4, -0.2) is 43.2 Å². The smallest absolute Gasteiger partial charge is 0.342 e. The zero-order chi connectivity index (χ0) is 13.0. The predicted molar refractivity (Wildman–Crippen MR) is 77.1 cm³/mol. The normalized spacial score (nSPS) is 15.0. The molecule has 1 saturated heterocycles. The van der Waals surface area contributed by atoms with Crippen LogP contribution >= 0.6 is 12.4 Å². The number of halogens is 1. The Morgan fingerprint density at radius 1 is 1.42 bits per heavy atom. The van der Waals surface area contributed by atoms with Crippen LogP contribution in [0.3, 0.4) is 0 Å². The van der Waals surface area contributed by atoms with E-state index >= 15 is 0 Å². The minimum Gasteiger partial charge on any atom is -0.459 e. The van der Waals surface area contributed by atoms with Crippen LogP contribution in [0.2, 0.25) is 0 Å². The van der Waals surface area contributed by atoms with Crippen LogP contribution in [0.15, 0.2) is 18.3 Å². The van der Waals surface area contributed by atoms with Crippen LogP contribution in [0, 0.1) is 0 Å². The Morgan fingerprint density at radius 2 is 2.11 bits per heavy atom. The summed E-state index contributed by atoms with van der Waals surface area (Å²) in [5.41, 5.74) is 0.549. The van der Waals surface area contributed by atoms with Crippen molar-refractivity contribution in [2.45, 2.75) is 20.0 Å². The van der Waals surface area contributed by atoms with Crippen molar-refractivity contribution in [1.29, 1.82) is 0 Å². The molecule has 19 heavy (non-hydrogen) atoms. The molecule has 0 spiro atoms. The average Bonchev–Trinajstić information content (AvgIpc) is 2.39. The number of nitrogens with zero attached hydrogens (tertiary/aromatic N) is 2. The van der Waals surface area contributed by atoms with E-state index < -0.39 is 0 Å². The number of esters is 1. The number of hydrogen-bond donors (Lipinski definition) is 1. The van der Waals surface area contributed by atoms with Crippen molar-refractivity contribution in [3.05, 3.63) is 23.9 Å². The molecule has 2 rings (SSSR count). The molecule has 0 aromatic carbocycles. The molecule has 0 unspecified atom stereocenters. The maximum atomic E-state index is 12.0. The summed E-state index contributed by atoms with van der Waals surface area (Å²) in [6, 6.07) is 3.54. The number of rotatable bonds is 3. The molecular formula is C13H20ClN3O2. The van der Waals surface area contributed by atoms with Gasteiger partial charge in [0.15, 0.2) is 0 Å². The molecule has 1 aliphatic rings. The monoisotopic (exact) mass is 285 g/mol. The van der Waals surface area contributed by atoms with Gasteiger partial charge in [-0.15, -0.1) is 12.4 Å². The zero-order valence-electron chi connectivity index (χ0n) is 11.3. The number of carbonyl (C=O) groups excluding carboxylic acids is 1. The maximum absolute atomic E-state index is 12.0. The summed E-state index contributed by atoms with van der Waals surface area (Å²) in [6.45, 7) is 7.24. The molecule has 5 nitrogen and oxygen atoms in total. The highest BCUT2D eigenvalue weighted by atomic mass is 35.5. The van der Waals surface area contributed by atoms with Gasteiger partial charge in [-0.1, -0.05) is 0 Å². The highest BCUT2D eigenvalue weighted by molar-refractivity contribution is 5.94. The molecule has 1 aliphatic heterocycles. The minimum absolute atomic E-state index is 0. The van der Waals surface area contributed by atoms with Crippen molar-refractivity contribution in [3.63, 3.8) is 0 Å². The summed E-state index contributed by atoms with van der Waals surface area (Å²) in [5.74, 6) is 0.427. The molecule has 1 N–H and O–H groups in total. The Hall–Kier alpha value is -1.33. The number of pyridine rings is 1. The van der Waals surface area contributed by atoms with Gasteiger partial charge in [0.25, 0.3) is 0 Å². The number of hydrogen-bond acceptors (Lipinski definition) is 5. The highest BCUT2D eigenvalue weighted by Gasteiger charge is 2.20. The van der Waals surface area contributed by atoms with E-state index in [1.165, 1.54) is 0 Å². The van der Waals surface area contributed by atoms with Crippen LogP contribution in [0.25, 0.3) is 0 Å². The van der Waals surface area contributed by atoms with Crippen molar-refractivity contribution >= 4 is 24.2 Å². The summed E-state index contributed by atoms with van der Waals surface area (Å²) in [5, 5.41) is 3.28. The van der Waals surface area contributed by atoms with Crippen LogP contribution in [0.4, 0.5) is 5.82 Å². The summed E-state index contributed by atoms with van der Waals surface area (Å²) in [4.78, 5) is 18.5. The SMILES string of the molecule is CC(C)OC(=O)c1cccnc1N1CCNCC1.Cl. The lowest BCUT2D eigenvalue weighted by atomic mass is 10.2. The number of nitrogens with one attached hydrogen (secondary N) is 1.